The van der Waals surface area contributed by atoms with Crippen molar-refractivity contribution in [2.75, 3.05) is 32.6 Å². The number of carbonyl (C=O) groups is 1. The van der Waals surface area contributed by atoms with Crippen LogP contribution in [0.15, 0.2) is 12.4 Å². The van der Waals surface area contributed by atoms with Gasteiger partial charge in [-0.05, 0) is 12.8 Å². The number of amides is 1. The van der Waals surface area contributed by atoms with Gasteiger partial charge in [-0.15, -0.1) is 0 Å². The van der Waals surface area contributed by atoms with Gasteiger partial charge in [-0.25, -0.2) is 4.98 Å². The number of carbonyl (C=O) groups excluding carboxylic acids is 1. The van der Waals surface area contributed by atoms with Crippen LogP contribution in [0, 0.1) is 0 Å². The molecule has 0 aromatic carbocycles. The zero-order valence-corrected chi connectivity index (χ0v) is 10.7. The number of ether oxygens (including phenoxy) is 1. The third-order valence-corrected chi connectivity index (χ3v) is 2.89. The van der Waals surface area contributed by atoms with Crippen molar-refractivity contribution in [1.29, 1.82) is 0 Å². The molecule has 18 heavy (non-hydrogen) atoms. The number of rotatable bonds is 6. The molecule has 98 valence electrons. The summed E-state index contributed by atoms with van der Waals surface area (Å²) in [5.41, 5.74) is 0.379. The van der Waals surface area contributed by atoms with E-state index in [9.17, 15) is 4.79 Å². The van der Waals surface area contributed by atoms with E-state index >= 15 is 0 Å². The van der Waals surface area contributed by atoms with Gasteiger partial charge in [-0.2, -0.15) is 0 Å². The molecule has 1 amide bonds. The summed E-state index contributed by atoms with van der Waals surface area (Å²) in [5.74, 6) is 0.530. The standard InChI is InChI=1S/C12H18N4O2/c1-13-11-8-14-7-10(15-11)12(17)16(5-6-18-2)9-3-4-9/h7-9H,3-6H2,1-2H3,(H,13,15). The first-order valence-electron chi connectivity index (χ1n) is 6.06. The Morgan fingerprint density at radius 3 is 2.94 bits per heavy atom. The highest BCUT2D eigenvalue weighted by atomic mass is 16.5. The van der Waals surface area contributed by atoms with Crippen LogP contribution in [-0.2, 0) is 4.74 Å². The summed E-state index contributed by atoms with van der Waals surface area (Å²) in [4.78, 5) is 22.4. The molecular formula is C12H18N4O2. The van der Waals surface area contributed by atoms with Gasteiger partial charge in [0.15, 0.2) is 0 Å². The van der Waals surface area contributed by atoms with Gasteiger partial charge in [0.2, 0.25) is 0 Å². The van der Waals surface area contributed by atoms with E-state index in [1.165, 1.54) is 6.20 Å². The molecule has 0 saturated heterocycles. The molecule has 1 aliphatic rings. The van der Waals surface area contributed by atoms with E-state index in [4.69, 9.17) is 4.74 Å². The number of hydrogen-bond acceptors (Lipinski definition) is 5. The highest BCUT2D eigenvalue weighted by Gasteiger charge is 2.33. The fourth-order valence-electron chi connectivity index (χ4n) is 1.76. The minimum absolute atomic E-state index is 0.0702. The van der Waals surface area contributed by atoms with Crippen molar-refractivity contribution in [1.82, 2.24) is 14.9 Å². The Hall–Kier alpha value is -1.69. The Balaban J connectivity index is 2.11. The lowest BCUT2D eigenvalue weighted by molar-refractivity contribution is 0.0674. The molecular weight excluding hydrogens is 232 g/mol. The van der Waals surface area contributed by atoms with E-state index in [1.54, 1.807) is 20.4 Å². The van der Waals surface area contributed by atoms with Crippen molar-refractivity contribution < 1.29 is 9.53 Å². The molecule has 1 fully saturated rings. The van der Waals surface area contributed by atoms with Gasteiger partial charge in [-0.1, -0.05) is 0 Å². The van der Waals surface area contributed by atoms with Crippen LogP contribution in [0.25, 0.3) is 0 Å². The fraction of sp³-hybridized carbons (Fsp3) is 0.583. The largest absolute Gasteiger partial charge is 0.383 e. The quantitative estimate of drug-likeness (QED) is 0.807. The molecule has 0 spiro atoms. The smallest absolute Gasteiger partial charge is 0.274 e. The third-order valence-electron chi connectivity index (χ3n) is 2.89. The van der Waals surface area contributed by atoms with Crippen molar-refractivity contribution in [3.63, 3.8) is 0 Å². The maximum atomic E-state index is 12.3. The van der Waals surface area contributed by atoms with Crippen LogP contribution in [0.4, 0.5) is 5.82 Å². The molecule has 1 heterocycles. The normalized spacial score (nSPS) is 14.3. The number of anilines is 1. The first kappa shape index (κ1) is 12.8. The summed E-state index contributed by atoms with van der Waals surface area (Å²) in [6.45, 7) is 1.15. The highest BCUT2D eigenvalue weighted by molar-refractivity contribution is 5.92. The van der Waals surface area contributed by atoms with Gasteiger partial charge in [0.05, 0.1) is 19.0 Å². The average Bonchev–Trinajstić information content (AvgIpc) is 3.23. The summed E-state index contributed by atoms with van der Waals surface area (Å²) in [7, 11) is 3.39. The summed E-state index contributed by atoms with van der Waals surface area (Å²) >= 11 is 0. The topological polar surface area (TPSA) is 67.4 Å². The highest BCUT2D eigenvalue weighted by Crippen LogP contribution is 2.27. The molecule has 1 N–H and O–H groups in total. The van der Waals surface area contributed by atoms with Gasteiger partial charge < -0.3 is 15.0 Å². The zero-order chi connectivity index (χ0) is 13.0. The molecule has 0 aliphatic heterocycles. The molecule has 1 aliphatic carbocycles. The first-order chi connectivity index (χ1) is 8.76. The Kier molecular flexibility index (Phi) is 4.09. The predicted molar refractivity (Wildman–Crippen MR) is 67.5 cm³/mol. The van der Waals surface area contributed by atoms with Crippen LogP contribution in [0.1, 0.15) is 23.3 Å². The van der Waals surface area contributed by atoms with Gasteiger partial charge in [0, 0.05) is 26.7 Å². The lowest BCUT2D eigenvalue weighted by Crippen LogP contribution is -2.36. The maximum Gasteiger partial charge on any atom is 0.274 e. The van der Waals surface area contributed by atoms with Crippen molar-refractivity contribution in [3.05, 3.63) is 18.1 Å². The van der Waals surface area contributed by atoms with Gasteiger partial charge in [0.1, 0.15) is 11.5 Å². The predicted octanol–water partition coefficient (Wildman–Crippen LogP) is 0.769. The second kappa shape index (κ2) is 5.77. The summed E-state index contributed by atoms with van der Waals surface area (Å²) in [5, 5.41) is 2.88. The number of nitrogens with zero attached hydrogens (tertiary/aromatic N) is 3. The van der Waals surface area contributed by atoms with Crippen LogP contribution in [0.2, 0.25) is 0 Å². The maximum absolute atomic E-state index is 12.3. The lowest BCUT2D eigenvalue weighted by Gasteiger charge is -2.21. The van der Waals surface area contributed by atoms with E-state index < -0.39 is 0 Å². The SMILES string of the molecule is CNc1cncc(C(=O)N(CCOC)C2CC2)n1. The van der Waals surface area contributed by atoms with Crippen molar-refractivity contribution in [2.24, 2.45) is 0 Å². The Labute approximate surface area is 106 Å². The van der Waals surface area contributed by atoms with Crippen molar-refractivity contribution in [3.8, 4) is 0 Å². The van der Waals surface area contributed by atoms with E-state index in [0.29, 0.717) is 30.7 Å². The second-order valence-corrected chi connectivity index (χ2v) is 4.26. The fourth-order valence-corrected chi connectivity index (χ4v) is 1.76. The summed E-state index contributed by atoms with van der Waals surface area (Å²) in [6.07, 6.45) is 5.22. The van der Waals surface area contributed by atoms with E-state index in [0.717, 1.165) is 12.8 Å². The molecule has 1 aromatic heterocycles. The number of methoxy groups -OCH3 is 1. The molecule has 0 radical (unpaired) electrons. The van der Waals surface area contributed by atoms with Crippen LogP contribution in [0.5, 0.6) is 0 Å². The van der Waals surface area contributed by atoms with Crippen LogP contribution in [-0.4, -0.2) is 54.1 Å². The van der Waals surface area contributed by atoms with E-state index in [2.05, 4.69) is 15.3 Å². The first-order valence-corrected chi connectivity index (χ1v) is 6.06. The Bertz CT molecular complexity index is 420. The Morgan fingerprint density at radius 1 is 1.56 bits per heavy atom. The van der Waals surface area contributed by atoms with Crippen LogP contribution in [0.3, 0.4) is 0 Å². The van der Waals surface area contributed by atoms with Crippen molar-refractivity contribution in [2.45, 2.75) is 18.9 Å². The van der Waals surface area contributed by atoms with Gasteiger partial charge in [-0.3, -0.25) is 9.78 Å². The summed E-state index contributed by atoms with van der Waals surface area (Å²) < 4.78 is 5.04. The molecule has 0 bridgehead atoms. The lowest BCUT2D eigenvalue weighted by atomic mass is 10.3. The minimum Gasteiger partial charge on any atom is -0.383 e. The zero-order valence-electron chi connectivity index (χ0n) is 10.7. The second-order valence-electron chi connectivity index (χ2n) is 4.26. The van der Waals surface area contributed by atoms with E-state index in [1.807, 2.05) is 4.90 Å². The molecule has 0 unspecified atom stereocenters. The van der Waals surface area contributed by atoms with Gasteiger partial charge in [0.25, 0.3) is 5.91 Å². The molecule has 2 rings (SSSR count). The Morgan fingerprint density at radius 2 is 2.33 bits per heavy atom. The average molecular weight is 250 g/mol. The van der Waals surface area contributed by atoms with Crippen LogP contribution >= 0.6 is 0 Å². The van der Waals surface area contributed by atoms with Gasteiger partial charge >= 0.3 is 0 Å². The molecule has 0 atom stereocenters. The number of hydrogen-bond donors (Lipinski definition) is 1. The van der Waals surface area contributed by atoms with E-state index in [-0.39, 0.29) is 5.91 Å². The number of nitrogens with one attached hydrogen (secondary N) is 1. The minimum atomic E-state index is -0.0702. The number of aromatic nitrogens is 2. The molecule has 1 aromatic rings. The molecule has 1 saturated carbocycles. The van der Waals surface area contributed by atoms with Crippen LogP contribution < -0.4 is 5.32 Å². The third kappa shape index (κ3) is 2.95. The van der Waals surface area contributed by atoms with Crippen molar-refractivity contribution >= 4 is 11.7 Å². The molecule has 6 heteroatoms. The summed E-state index contributed by atoms with van der Waals surface area (Å²) in [6, 6.07) is 0.340. The monoisotopic (exact) mass is 250 g/mol. The molecule has 6 nitrogen and oxygen atoms in total.